The second-order valence-corrected chi connectivity index (χ2v) is 10.3. The molecule has 0 amide bonds. The lowest BCUT2D eigenvalue weighted by atomic mass is 10.0. The van der Waals surface area contributed by atoms with E-state index in [4.69, 9.17) is 4.74 Å². The Hall–Kier alpha value is -4.36. The lowest BCUT2D eigenvalue weighted by Crippen LogP contribution is -2.23. The van der Waals surface area contributed by atoms with Crippen molar-refractivity contribution < 1.29 is 22.3 Å². The first-order valence-corrected chi connectivity index (χ1v) is 13.4. The van der Waals surface area contributed by atoms with Gasteiger partial charge in [0.05, 0.1) is 29.7 Å². The van der Waals surface area contributed by atoms with Crippen molar-refractivity contribution in [3.63, 3.8) is 0 Å². The third-order valence-corrected chi connectivity index (χ3v) is 7.16. The van der Waals surface area contributed by atoms with Gasteiger partial charge in [0.15, 0.2) is 0 Å². The van der Waals surface area contributed by atoms with Crippen LogP contribution in [-0.2, 0) is 17.5 Å². The fraction of sp³-hybridized carbons (Fsp3) is 0.310. The van der Waals surface area contributed by atoms with Crippen LogP contribution in [0.25, 0.3) is 33.5 Å². The maximum absolute atomic E-state index is 14.4. The number of pyridine rings is 2. The summed E-state index contributed by atoms with van der Waals surface area (Å²) in [5.74, 6) is -0.349. The number of fused-ring (bicyclic) bond motifs is 1. The highest BCUT2D eigenvalue weighted by molar-refractivity contribution is 5.84. The number of nitrogens with zero attached hydrogens (tertiary/aromatic N) is 5. The molecule has 1 aromatic carbocycles. The Balaban J connectivity index is 1.52. The number of hydrogen-bond acceptors (Lipinski definition) is 6. The molecule has 1 aliphatic carbocycles. The number of benzene rings is 1. The molecular formula is C29H27F4N7O2. The van der Waals surface area contributed by atoms with Gasteiger partial charge in [-0.1, -0.05) is 5.21 Å². The van der Waals surface area contributed by atoms with Crippen LogP contribution in [0.1, 0.15) is 41.4 Å². The van der Waals surface area contributed by atoms with Crippen LogP contribution in [0.5, 0.6) is 0 Å². The molecule has 1 aliphatic rings. The van der Waals surface area contributed by atoms with Gasteiger partial charge in [0.25, 0.3) is 5.56 Å². The maximum Gasteiger partial charge on any atom is 0.418 e. The molecular weight excluding hydrogens is 554 g/mol. The number of halogens is 4. The number of alkyl halides is 3. The van der Waals surface area contributed by atoms with Gasteiger partial charge in [0.1, 0.15) is 17.2 Å². The lowest BCUT2D eigenvalue weighted by Gasteiger charge is -2.15. The molecule has 1 saturated carbocycles. The van der Waals surface area contributed by atoms with Gasteiger partial charge in [-0.15, -0.1) is 5.10 Å². The summed E-state index contributed by atoms with van der Waals surface area (Å²) in [4.78, 5) is 21.2. The highest BCUT2D eigenvalue weighted by Gasteiger charge is 2.35. The molecule has 42 heavy (non-hydrogen) atoms. The van der Waals surface area contributed by atoms with Crippen molar-refractivity contribution in [1.29, 1.82) is 0 Å². The molecule has 0 spiro atoms. The molecule has 4 aromatic heterocycles. The number of nitrogens with one attached hydrogen (secondary N) is 2. The Labute approximate surface area is 237 Å². The molecule has 2 N–H and O–H groups in total. The van der Waals surface area contributed by atoms with Crippen LogP contribution in [0.4, 0.5) is 17.6 Å². The van der Waals surface area contributed by atoms with Crippen LogP contribution in [-0.4, -0.2) is 49.8 Å². The second-order valence-electron chi connectivity index (χ2n) is 10.3. The van der Waals surface area contributed by atoms with Crippen molar-refractivity contribution in [2.45, 2.75) is 38.4 Å². The van der Waals surface area contributed by atoms with Gasteiger partial charge in [-0.25, -0.2) is 14.1 Å². The summed E-state index contributed by atoms with van der Waals surface area (Å²) in [6, 6.07) is 8.87. The van der Waals surface area contributed by atoms with E-state index >= 15 is 0 Å². The minimum Gasteiger partial charge on any atom is -0.383 e. The molecule has 0 radical (unpaired) electrons. The van der Waals surface area contributed by atoms with Crippen LogP contribution >= 0.6 is 0 Å². The normalized spacial score (nSPS) is 13.8. The Morgan fingerprint density at radius 3 is 2.64 bits per heavy atom. The van der Waals surface area contributed by atoms with Crippen molar-refractivity contribution in [3.05, 3.63) is 87.6 Å². The summed E-state index contributed by atoms with van der Waals surface area (Å²) in [5.41, 5.74) is 1.40. The molecule has 218 valence electrons. The molecule has 1 fully saturated rings. The maximum atomic E-state index is 14.4. The van der Waals surface area contributed by atoms with Crippen molar-refractivity contribution in [2.75, 3.05) is 20.3 Å². The standard InChI is InChI=1S/C29H27F4N7O2/c1-16-14-40(38-37-16)25-11-19(30)5-6-21(25)18-9-24(17-3-4-17)36-26(10-18)39-15-23(29(31,32)33)22-12-20(13-34-7-8-42-2)35-27(22)28(39)41/h5-6,9-12,14-15,17,34-35H,3-4,7-8,13H2,1-2H3. The van der Waals surface area contributed by atoms with Gasteiger partial charge >= 0.3 is 6.18 Å². The number of aromatic nitrogens is 6. The fourth-order valence-corrected chi connectivity index (χ4v) is 4.97. The molecule has 0 atom stereocenters. The smallest absolute Gasteiger partial charge is 0.383 e. The highest BCUT2D eigenvalue weighted by Crippen LogP contribution is 2.41. The molecule has 0 bridgehead atoms. The van der Waals surface area contributed by atoms with Crippen LogP contribution < -0.4 is 10.9 Å². The van der Waals surface area contributed by atoms with E-state index in [2.05, 4.69) is 25.6 Å². The number of aromatic amines is 1. The quantitative estimate of drug-likeness (QED) is 0.187. The van der Waals surface area contributed by atoms with E-state index in [0.29, 0.717) is 47.0 Å². The van der Waals surface area contributed by atoms with Crippen molar-refractivity contribution in [3.8, 4) is 22.6 Å². The topological polar surface area (TPSA) is 103 Å². The van der Waals surface area contributed by atoms with Gasteiger partial charge in [-0.2, -0.15) is 13.2 Å². The summed E-state index contributed by atoms with van der Waals surface area (Å²) >= 11 is 0. The number of H-pyrrole nitrogens is 1. The first-order valence-electron chi connectivity index (χ1n) is 13.4. The van der Waals surface area contributed by atoms with E-state index in [9.17, 15) is 22.4 Å². The number of methoxy groups -OCH3 is 1. The van der Waals surface area contributed by atoms with Crippen molar-refractivity contribution >= 4 is 10.9 Å². The summed E-state index contributed by atoms with van der Waals surface area (Å²) in [6.45, 7) is 2.89. The summed E-state index contributed by atoms with van der Waals surface area (Å²) < 4.78 is 64.7. The Morgan fingerprint density at radius 1 is 1.14 bits per heavy atom. The zero-order chi connectivity index (χ0) is 29.6. The molecule has 6 rings (SSSR count). The van der Waals surface area contributed by atoms with Crippen molar-refractivity contribution in [2.24, 2.45) is 0 Å². The van der Waals surface area contributed by atoms with E-state index in [1.807, 2.05) is 6.07 Å². The van der Waals surface area contributed by atoms with E-state index in [1.165, 1.54) is 28.9 Å². The average molecular weight is 582 g/mol. The molecule has 0 unspecified atom stereocenters. The van der Waals surface area contributed by atoms with E-state index in [1.54, 1.807) is 26.3 Å². The minimum atomic E-state index is -4.73. The van der Waals surface area contributed by atoms with Gasteiger partial charge < -0.3 is 15.0 Å². The summed E-state index contributed by atoms with van der Waals surface area (Å²) in [5, 5.41) is 10.9. The highest BCUT2D eigenvalue weighted by atomic mass is 19.4. The predicted molar refractivity (Wildman–Crippen MR) is 147 cm³/mol. The minimum absolute atomic E-state index is 0.0335. The first kappa shape index (κ1) is 27.8. The molecule has 4 heterocycles. The third-order valence-electron chi connectivity index (χ3n) is 7.16. The zero-order valence-electron chi connectivity index (χ0n) is 22.8. The molecule has 0 aliphatic heterocycles. The van der Waals surface area contributed by atoms with Crippen molar-refractivity contribution in [1.82, 2.24) is 34.8 Å². The molecule has 9 nitrogen and oxygen atoms in total. The van der Waals surface area contributed by atoms with Crippen LogP contribution in [0.15, 0.2) is 53.6 Å². The zero-order valence-corrected chi connectivity index (χ0v) is 22.8. The Bertz CT molecular complexity index is 1840. The van der Waals surface area contributed by atoms with Gasteiger partial charge in [-0.05, 0) is 55.7 Å². The number of aryl methyl sites for hydroxylation is 1. The number of ether oxygens (including phenoxy) is 1. The van der Waals surface area contributed by atoms with Crippen LogP contribution in [0.2, 0.25) is 0 Å². The largest absolute Gasteiger partial charge is 0.418 e. The lowest BCUT2D eigenvalue weighted by molar-refractivity contribution is -0.136. The monoisotopic (exact) mass is 581 g/mol. The van der Waals surface area contributed by atoms with E-state index < -0.39 is 23.1 Å². The third kappa shape index (κ3) is 5.44. The predicted octanol–water partition coefficient (Wildman–Crippen LogP) is 5.04. The fourth-order valence-electron chi connectivity index (χ4n) is 4.97. The van der Waals surface area contributed by atoms with Gasteiger partial charge in [-0.3, -0.25) is 9.36 Å². The second kappa shape index (κ2) is 10.8. The molecule has 13 heteroatoms. The Morgan fingerprint density at radius 2 is 1.95 bits per heavy atom. The number of rotatable bonds is 9. The van der Waals surface area contributed by atoms with Gasteiger partial charge in [0.2, 0.25) is 0 Å². The summed E-state index contributed by atoms with van der Waals surface area (Å²) in [6.07, 6.45) is -0.555. The number of hydrogen-bond donors (Lipinski definition) is 2. The molecule has 0 saturated heterocycles. The Kier molecular flexibility index (Phi) is 7.15. The molecule has 5 aromatic rings. The van der Waals surface area contributed by atoms with Crippen LogP contribution in [0, 0.1) is 12.7 Å². The van der Waals surface area contributed by atoms with E-state index in [0.717, 1.165) is 23.6 Å². The first-order chi connectivity index (χ1) is 20.1. The van der Waals surface area contributed by atoms with Gasteiger partial charge in [0, 0.05) is 60.7 Å². The van der Waals surface area contributed by atoms with Crippen LogP contribution in [0.3, 0.4) is 0 Å². The SMILES string of the molecule is COCCNCc1cc2c(C(F)(F)F)cn(-c3cc(-c4ccc(F)cc4-n4cc(C)nn4)cc(C4CC4)n3)c(=O)c2[nH]1. The van der Waals surface area contributed by atoms with E-state index in [-0.39, 0.29) is 29.2 Å². The average Bonchev–Trinajstić information content (AvgIpc) is 3.58. The summed E-state index contributed by atoms with van der Waals surface area (Å²) in [7, 11) is 1.55.